The number of rotatable bonds is 3. The molecular formula is C14H13ClFNS. The molecule has 1 nitrogen and oxygen atoms in total. The zero-order valence-electron chi connectivity index (χ0n) is 9.91. The van der Waals surface area contributed by atoms with Crippen LogP contribution >= 0.6 is 23.4 Å². The van der Waals surface area contributed by atoms with E-state index in [2.05, 4.69) is 0 Å². The Morgan fingerprint density at radius 1 is 1.22 bits per heavy atom. The fourth-order valence-electron chi connectivity index (χ4n) is 1.63. The average molecular weight is 282 g/mol. The van der Waals surface area contributed by atoms with E-state index >= 15 is 0 Å². The van der Waals surface area contributed by atoms with Crippen LogP contribution in [-0.4, -0.2) is 0 Å². The summed E-state index contributed by atoms with van der Waals surface area (Å²) in [6.07, 6.45) is 0. The predicted molar refractivity (Wildman–Crippen MR) is 76.6 cm³/mol. The number of nitrogens with two attached hydrogens (primary N) is 1. The summed E-state index contributed by atoms with van der Waals surface area (Å²) < 4.78 is 12.9. The van der Waals surface area contributed by atoms with E-state index in [-0.39, 0.29) is 5.82 Å². The van der Waals surface area contributed by atoms with Crippen molar-refractivity contribution in [2.75, 3.05) is 5.73 Å². The van der Waals surface area contributed by atoms with E-state index in [0.29, 0.717) is 10.8 Å². The molecule has 18 heavy (non-hydrogen) atoms. The van der Waals surface area contributed by atoms with Crippen LogP contribution in [0.3, 0.4) is 0 Å². The highest BCUT2D eigenvalue weighted by atomic mass is 35.5. The molecule has 2 rings (SSSR count). The van der Waals surface area contributed by atoms with E-state index in [9.17, 15) is 4.39 Å². The van der Waals surface area contributed by atoms with Crippen molar-refractivity contribution in [3.05, 3.63) is 58.4 Å². The molecule has 0 radical (unpaired) electrons. The van der Waals surface area contributed by atoms with E-state index in [1.54, 1.807) is 17.8 Å². The van der Waals surface area contributed by atoms with Crippen LogP contribution in [0.2, 0.25) is 5.02 Å². The van der Waals surface area contributed by atoms with Gasteiger partial charge in [-0.25, -0.2) is 4.39 Å². The molecule has 0 amide bonds. The third kappa shape index (κ3) is 3.18. The van der Waals surface area contributed by atoms with Gasteiger partial charge < -0.3 is 5.73 Å². The third-order valence-electron chi connectivity index (χ3n) is 2.60. The molecule has 0 aliphatic carbocycles. The Morgan fingerprint density at radius 3 is 2.67 bits per heavy atom. The van der Waals surface area contributed by atoms with Gasteiger partial charge in [-0.3, -0.25) is 0 Å². The number of hydrogen-bond acceptors (Lipinski definition) is 2. The predicted octanol–water partition coefficient (Wildman–Crippen LogP) is 4.66. The minimum Gasteiger partial charge on any atom is -0.399 e. The van der Waals surface area contributed by atoms with Crippen molar-refractivity contribution in [2.24, 2.45) is 0 Å². The molecule has 0 heterocycles. The fourth-order valence-corrected chi connectivity index (χ4v) is 2.96. The average Bonchev–Trinajstić information content (AvgIpc) is 2.30. The molecule has 0 atom stereocenters. The normalized spacial score (nSPS) is 10.6. The van der Waals surface area contributed by atoms with Crippen LogP contribution < -0.4 is 5.73 Å². The summed E-state index contributed by atoms with van der Waals surface area (Å²) >= 11 is 7.65. The van der Waals surface area contributed by atoms with E-state index in [4.69, 9.17) is 17.3 Å². The van der Waals surface area contributed by atoms with Crippen molar-refractivity contribution in [1.29, 1.82) is 0 Å². The molecular weight excluding hydrogens is 269 g/mol. The first-order valence-electron chi connectivity index (χ1n) is 5.49. The lowest BCUT2D eigenvalue weighted by atomic mass is 10.2. The molecule has 0 saturated carbocycles. The van der Waals surface area contributed by atoms with Gasteiger partial charge in [0.05, 0.1) is 0 Å². The molecule has 2 N–H and O–H groups in total. The van der Waals surface area contributed by atoms with Crippen LogP contribution in [-0.2, 0) is 5.75 Å². The molecule has 2 aromatic rings. The highest BCUT2D eigenvalue weighted by molar-refractivity contribution is 7.98. The zero-order valence-corrected chi connectivity index (χ0v) is 11.5. The molecule has 4 heteroatoms. The second-order valence-electron chi connectivity index (χ2n) is 4.05. The standard InChI is InChI=1S/C14H13ClFNS/c1-9-6-12(17)4-5-14(9)18-8-10-2-3-11(16)7-13(10)15/h2-7H,8,17H2,1H3. The largest absolute Gasteiger partial charge is 0.399 e. The zero-order chi connectivity index (χ0) is 13.1. The summed E-state index contributed by atoms with van der Waals surface area (Å²) in [5.74, 6) is 0.404. The van der Waals surface area contributed by atoms with Crippen molar-refractivity contribution in [3.8, 4) is 0 Å². The molecule has 0 fully saturated rings. The summed E-state index contributed by atoms with van der Waals surface area (Å²) in [4.78, 5) is 1.16. The van der Waals surface area contributed by atoms with Crippen molar-refractivity contribution < 1.29 is 4.39 Å². The van der Waals surface area contributed by atoms with Crippen LogP contribution in [0.1, 0.15) is 11.1 Å². The molecule has 0 aliphatic heterocycles. The number of aryl methyl sites for hydroxylation is 1. The van der Waals surface area contributed by atoms with E-state index in [1.165, 1.54) is 12.1 Å². The van der Waals surface area contributed by atoms with Gasteiger partial charge >= 0.3 is 0 Å². The van der Waals surface area contributed by atoms with Crippen LogP contribution in [0.25, 0.3) is 0 Å². The lowest BCUT2D eigenvalue weighted by Crippen LogP contribution is -1.89. The fraction of sp³-hybridized carbons (Fsp3) is 0.143. The van der Waals surface area contributed by atoms with Crippen LogP contribution in [0.15, 0.2) is 41.3 Å². The first-order valence-corrected chi connectivity index (χ1v) is 6.85. The minimum atomic E-state index is -0.308. The van der Waals surface area contributed by atoms with E-state index < -0.39 is 0 Å². The Hall–Kier alpha value is -1.19. The van der Waals surface area contributed by atoms with Gasteiger partial charge in [-0.2, -0.15) is 0 Å². The number of thioether (sulfide) groups is 1. The second kappa shape index (κ2) is 5.63. The highest BCUT2D eigenvalue weighted by Crippen LogP contribution is 2.30. The lowest BCUT2D eigenvalue weighted by molar-refractivity contribution is 0.627. The van der Waals surface area contributed by atoms with Crippen molar-refractivity contribution in [1.82, 2.24) is 0 Å². The van der Waals surface area contributed by atoms with Gasteiger partial charge in [0.2, 0.25) is 0 Å². The number of benzene rings is 2. The Bertz CT molecular complexity index is 520. The van der Waals surface area contributed by atoms with Gasteiger partial charge in [0.25, 0.3) is 0 Å². The SMILES string of the molecule is Cc1cc(N)ccc1SCc1ccc(F)cc1Cl. The minimum absolute atomic E-state index is 0.308. The number of anilines is 1. The molecule has 2 aromatic carbocycles. The lowest BCUT2D eigenvalue weighted by Gasteiger charge is -2.07. The summed E-state index contributed by atoms with van der Waals surface area (Å²) in [6.45, 7) is 2.02. The third-order valence-corrected chi connectivity index (χ3v) is 4.17. The van der Waals surface area contributed by atoms with E-state index in [1.807, 2.05) is 25.1 Å². The highest BCUT2D eigenvalue weighted by Gasteiger charge is 2.05. The van der Waals surface area contributed by atoms with Gasteiger partial charge in [-0.1, -0.05) is 17.7 Å². The summed E-state index contributed by atoms with van der Waals surface area (Å²) in [6, 6.07) is 10.3. The van der Waals surface area contributed by atoms with Gasteiger partial charge in [-0.05, 0) is 48.4 Å². The van der Waals surface area contributed by atoms with Crippen molar-refractivity contribution in [2.45, 2.75) is 17.6 Å². The Labute approximate surface area is 115 Å². The maximum Gasteiger partial charge on any atom is 0.124 e. The van der Waals surface area contributed by atoms with Crippen LogP contribution in [0.5, 0.6) is 0 Å². The number of hydrogen-bond donors (Lipinski definition) is 1. The van der Waals surface area contributed by atoms with Gasteiger partial charge in [-0.15, -0.1) is 11.8 Å². The van der Waals surface area contributed by atoms with Crippen LogP contribution in [0, 0.1) is 12.7 Å². The molecule has 0 saturated heterocycles. The van der Waals surface area contributed by atoms with Crippen molar-refractivity contribution in [3.63, 3.8) is 0 Å². The summed E-state index contributed by atoms with van der Waals surface area (Å²) in [5, 5.41) is 0.468. The quantitative estimate of drug-likeness (QED) is 0.654. The maximum atomic E-state index is 12.9. The smallest absolute Gasteiger partial charge is 0.124 e. The molecule has 0 aromatic heterocycles. The first-order chi connectivity index (χ1) is 8.56. The molecule has 0 spiro atoms. The monoisotopic (exact) mass is 281 g/mol. The second-order valence-corrected chi connectivity index (χ2v) is 5.47. The first kappa shape index (κ1) is 13.2. The number of nitrogen functional groups attached to an aromatic ring is 1. The maximum absolute atomic E-state index is 12.9. The Kier molecular flexibility index (Phi) is 4.15. The van der Waals surface area contributed by atoms with Gasteiger partial charge in [0.1, 0.15) is 5.82 Å². The van der Waals surface area contributed by atoms with Gasteiger partial charge in [0, 0.05) is 21.4 Å². The van der Waals surface area contributed by atoms with Gasteiger partial charge in [0.15, 0.2) is 0 Å². The molecule has 0 bridgehead atoms. The molecule has 94 valence electrons. The molecule has 0 unspecified atom stereocenters. The summed E-state index contributed by atoms with van der Waals surface area (Å²) in [7, 11) is 0. The Balaban J connectivity index is 2.11. The van der Waals surface area contributed by atoms with Crippen molar-refractivity contribution >= 4 is 29.1 Å². The number of halogens is 2. The van der Waals surface area contributed by atoms with E-state index in [0.717, 1.165) is 21.7 Å². The summed E-state index contributed by atoms with van der Waals surface area (Å²) in [5.41, 5.74) is 8.53. The topological polar surface area (TPSA) is 26.0 Å². The Morgan fingerprint density at radius 2 is 2.00 bits per heavy atom. The van der Waals surface area contributed by atoms with Crippen LogP contribution in [0.4, 0.5) is 10.1 Å². The molecule has 0 aliphatic rings.